The van der Waals surface area contributed by atoms with Crippen LogP contribution in [0.2, 0.25) is 0 Å². The monoisotopic (exact) mass is 449 g/mol. The Bertz CT molecular complexity index is 1220. The number of nitriles is 1. The fourth-order valence-electron chi connectivity index (χ4n) is 3.12. The van der Waals surface area contributed by atoms with E-state index in [0.717, 1.165) is 5.39 Å². The maximum absolute atomic E-state index is 12.8. The van der Waals surface area contributed by atoms with Crippen LogP contribution in [0.1, 0.15) is 43.6 Å². The standard InChI is InChI=1S/C23H27N7O3/c1-14(2)29-18-10-19(30-8-5-16-9-15(11-24)12-28-20(16)30)27-13-17(18)21(31)25-6-7-26-22(32)23(3,4)33/h5,8-10,12-14,33H,6-7H2,1-4H3,(H,25,31)(H,26,32)(H,27,29). The summed E-state index contributed by atoms with van der Waals surface area (Å²) in [4.78, 5) is 33.3. The van der Waals surface area contributed by atoms with Crippen molar-refractivity contribution in [2.45, 2.75) is 39.3 Å². The number of fused-ring (bicyclic) bond motifs is 1. The lowest BCUT2D eigenvalue weighted by Gasteiger charge is -2.18. The number of hydrogen-bond acceptors (Lipinski definition) is 7. The lowest BCUT2D eigenvalue weighted by atomic mass is 10.1. The van der Waals surface area contributed by atoms with Gasteiger partial charge in [-0.25, -0.2) is 9.97 Å². The lowest BCUT2D eigenvalue weighted by Crippen LogP contribution is -2.44. The molecule has 0 atom stereocenters. The van der Waals surface area contributed by atoms with E-state index in [1.54, 1.807) is 16.7 Å². The van der Waals surface area contributed by atoms with E-state index in [9.17, 15) is 14.7 Å². The van der Waals surface area contributed by atoms with Gasteiger partial charge in [0.2, 0.25) is 0 Å². The van der Waals surface area contributed by atoms with Gasteiger partial charge in [-0.05, 0) is 39.8 Å². The van der Waals surface area contributed by atoms with E-state index in [0.29, 0.717) is 28.3 Å². The zero-order chi connectivity index (χ0) is 24.2. The van der Waals surface area contributed by atoms with Crippen LogP contribution < -0.4 is 16.0 Å². The first kappa shape index (κ1) is 23.7. The molecule has 10 heteroatoms. The molecule has 3 aromatic rings. The van der Waals surface area contributed by atoms with Gasteiger partial charge in [0.1, 0.15) is 23.1 Å². The van der Waals surface area contributed by atoms with Crippen LogP contribution >= 0.6 is 0 Å². The molecule has 10 nitrogen and oxygen atoms in total. The average Bonchev–Trinajstić information content (AvgIpc) is 3.18. The molecule has 0 aliphatic heterocycles. The molecule has 0 unspecified atom stereocenters. The summed E-state index contributed by atoms with van der Waals surface area (Å²) in [6, 6.07) is 7.51. The number of carbonyl (C=O) groups is 2. The largest absolute Gasteiger partial charge is 0.382 e. The number of nitrogens with zero attached hydrogens (tertiary/aromatic N) is 4. The summed E-state index contributed by atoms with van der Waals surface area (Å²) in [5.41, 5.74) is 0.602. The third-order valence-electron chi connectivity index (χ3n) is 4.73. The van der Waals surface area contributed by atoms with Crippen LogP contribution in [0.3, 0.4) is 0 Å². The molecule has 0 spiro atoms. The number of aliphatic hydroxyl groups is 1. The van der Waals surface area contributed by atoms with Gasteiger partial charge in [-0.1, -0.05) is 0 Å². The van der Waals surface area contributed by atoms with E-state index in [2.05, 4.69) is 32.0 Å². The Morgan fingerprint density at radius 3 is 2.58 bits per heavy atom. The Hall–Kier alpha value is -3.97. The van der Waals surface area contributed by atoms with Gasteiger partial charge in [0.15, 0.2) is 0 Å². The number of nitrogens with one attached hydrogen (secondary N) is 3. The van der Waals surface area contributed by atoms with Gasteiger partial charge in [0.25, 0.3) is 11.8 Å². The van der Waals surface area contributed by atoms with Gasteiger partial charge in [-0.3, -0.25) is 14.2 Å². The molecule has 4 N–H and O–H groups in total. The summed E-state index contributed by atoms with van der Waals surface area (Å²) in [5.74, 6) is -0.289. The summed E-state index contributed by atoms with van der Waals surface area (Å²) in [7, 11) is 0. The Morgan fingerprint density at radius 2 is 1.91 bits per heavy atom. The second-order valence-corrected chi connectivity index (χ2v) is 8.39. The van der Waals surface area contributed by atoms with Crippen LogP contribution in [-0.2, 0) is 4.79 Å². The van der Waals surface area contributed by atoms with Crippen LogP contribution in [0.4, 0.5) is 5.69 Å². The summed E-state index contributed by atoms with van der Waals surface area (Å²) >= 11 is 0. The molecule has 0 fully saturated rings. The Kier molecular flexibility index (Phi) is 6.94. The van der Waals surface area contributed by atoms with Gasteiger partial charge in [-0.15, -0.1) is 0 Å². The number of pyridine rings is 2. The predicted octanol–water partition coefficient (Wildman–Crippen LogP) is 1.73. The molecule has 3 heterocycles. The fraction of sp³-hybridized carbons (Fsp3) is 0.348. The van der Waals surface area contributed by atoms with Crippen molar-refractivity contribution in [1.82, 2.24) is 25.2 Å². The highest BCUT2D eigenvalue weighted by Gasteiger charge is 2.23. The molecule has 172 valence electrons. The average molecular weight is 450 g/mol. The molecular formula is C23H27N7O3. The van der Waals surface area contributed by atoms with Gasteiger partial charge in [-0.2, -0.15) is 5.26 Å². The fourth-order valence-corrected chi connectivity index (χ4v) is 3.12. The molecule has 0 bridgehead atoms. The molecule has 33 heavy (non-hydrogen) atoms. The Morgan fingerprint density at radius 1 is 1.18 bits per heavy atom. The zero-order valence-corrected chi connectivity index (χ0v) is 19.0. The third kappa shape index (κ3) is 5.64. The first-order valence-corrected chi connectivity index (χ1v) is 10.5. The van der Waals surface area contributed by atoms with Crippen LogP contribution in [-0.4, -0.2) is 56.2 Å². The number of rotatable bonds is 8. The minimum atomic E-state index is -1.48. The molecule has 0 aromatic carbocycles. The molecule has 0 saturated carbocycles. The molecule has 0 aliphatic rings. The molecular weight excluding hydrogens is 422 g/mol. The molecule has 2 amide bonds. The minimum Gasteiger partial charge on any atom is -0.382 e. The summed E-state index contributed by atoms with van der Waals surface area (Å²) in [5, 5.41) is 28.1. The summed E-state index contributed by atoms with van der Waals surface area (Å²) in [6.45, 7) is 7.08. The molecule has 0 saturated heterocycles. The van der Waals surface area contributed by atoms with Crippen LogP contribution in [0, 0.1) is 11.3 Å². The number of anilines is 1. The second kappa shape index (κ2) is 9.67. The van der Waals surface area contributed by atoms with Crippen LogP contribution in [0.5, 0.6) is 0 Å². The SMILES string of the molecule is CC(C)Nc1cc(-n2ccc3cc(C#N)cnc32)ncc1C(=O)NCCNC(=O)C(C)(C)O. The van der Waals surface area contributed by atoms with E-state index in [1.807, 2.05) is 26.1 Å². The topological polar surface area (TPSA) is 145 Å². The van der Waals surface area contributed by atoms with Crippen molar-refractivity contribution >= 4 is 28.5 Å². The summed E-state index contributed by atoms with van der Waals surface area (Å²) in [6.07, 6.45) is 4.80. The van der Waals surface area contributed by atoms with Crippen molar-refractivity contribution in [3.8, 4) is 11.9 Å². The van der Waals surface area contributed by atoms with E-state index >= 15 is 0 Å². The number of aromatic nitrogens is 3. The Balaban J connectivity index is 1.80. The molecule has 0 radical (unpaired) electrons. The summed E-state index contributed by atoms with van der Waals surface area (Å²) < 4.78 is 1.79. The second-order valence-electron chi connectivity index (χ2n) is 8.39. The van der Waals surface area contributed by atoms with Gasteiger partial charge >= 0.3 is 0 Å². The first-order chi connectivity index (χ1) is 15.6. The maximum Gasteiger partial charge on any atom is 0.255 e. The third-order valence-corrected chi connectivity index (χ3v) is 4.73. The highest BCUT2D eigenvalue weighted by Crippen LogP contribution is 2.23. The van der Waals surface area contributed by atoms with Crippen molar-refractivity contribution in [2.24, 2.45) is 0 Å². The number of hydrogen-bond donors (Lipinski definition) is 4. The van der Waals surface area contributed by atoms with Crippen LogP contribution in [0.15, 0.2) is 36.8 Å². The van der Waals surface area contributed by atoms with E-state index in [4.69, 9.17) is 5.26 Å². The molecule has 3 rings (SSSR count). The molecule has 3 aromatic heterocycles. The van der Waals surface area contributed by atoms with Crippen LogP contribution in [0.25, 0.3) is 16.9 Å². The quantitative estimate of drug-likeness (QED) is 0.383. The van der Waals surface area contributed by atoms with Crippen molar-refractivity contribution in [3.63, 3.8) is 0 Å². The van der Waals surface area contributed by atoms with E-state index in [-0.39, 0.29) is 25.0 Å². The van der Waals surface area contributed by atoms with Crippen molar-refractivity contribution in [3.05, 3.63) is 47.9 Å². The molecule has 0 aliphatic carbocycles. The van der Waals surface area contributed by atoms with Crippen molar-refractivity contribution in [1.29, 1.82) is 5.26 Å². The van der Waals surface area contributed by atoms with E-state index in [1.165, 1.54) is 26.2 Å². The van der Waals surface area contributed by atoms with Crippen molar-refractivity contribution < 1.29 is 14.7 Å². The van der Waals surface area contributed by atoms with Gasteiger partial charge < -0.3 is 21.1 Å². The lowest BCUT2D eigenvalue weighted by molar-refractivity contribution is -0.136. The zero-order valence-electron chi connectivity index (χ0n) is 19.0. The maximum atomic E-state index is 12.8. The normalized spacial score (nSPS) is 11.3. The smallest absolute Gasteiger partial charge is 0.255 e. The highest BCUT2D eigenvalue weighted by atomic mass is 16.3. The highest BCUT2D eigenvalue weighted by molar-refractivity contribution is 5.99. The number of carbonyl (C=O) groups excluding carboxylic acids is 2. The van der Waals surface area contributed by atoms with Crippen molar-refractivity contribution in [2.75, 3.05) is 18.4 Å². The van der Waals surface area contributed by atoms with Gasteiger partial charge in [0, 0.05) is 49.2 Å². The predicted molar refractivity (Wildman–Crippen MR) is 124 cm³/mol. The van der Waals surface area contributed by atoms with E-state index < -0.39 is 11.5 Å². The minimum absolute atomic E-state index is 0.0654. The first-order valence-electron chi connectivity index (χ1n) is 10.5. The number of amides is 2. The Labute approximate surface area is 191 Å². The van der Waals surface area contributed by atoms with Gasteiger partial charge in [0.05, 0.1) is 16.8 Å².